The monoisotopic (exact) mass is 1910 g/mol. The molecule has 40 nitrogen and oxygen atoms in total. The summed E-state index contributed by atoms with van der Waals surface area (Å²) in [6.07, 6.45) is 0.918. The third kappa shape index (κ3) is 25.0. The van der Waals surface area contributed by atoms with Crippen LogP contribution in [0.25, 0.3) is 0 Å². The van der Waals surface area contributed by atoms with Gasteiger partial charge in [-0.1, -0.05) is 125 Å². The van der Waals surface area contributed by atoms with Crippen LogP contribution in [0.15, 0.2) is 243 Å². The largest absolute Gasteiger partial charge is 0.491 e. The lowest BCUT2D eigenvalue weighted by Crippen LogP contribution is -2.20. The van der Waals surface area contributed by atoms with Crippen LogP contribution < -0.4 is 80.4 Å². The van der Waals surface area contributed by atoms with Crippen molar-refractivity contribution in [2.24, 2.45) is 0 Å². The zero-order valence-electron chi connectivity index (χ0n) is 76.9. The number of nitrogens with one attached hydrogen (secondary N) is 8. The van der Waals surface area contributed by atoms with Crippen molar-refractivity contribution in [2.75, 3.05) is 148 Å². The number of hydrogen-bond acceptors (Lipinski definition) is 32. The normalized spacial score (nSPS) is 13.5. The molecule has 728 valence electrons. The molecule has 8 N–H and O–H groups in total. The molecule has 8 bridgehead atoms. The maximum absolute atomic E-state index is 12.5. The van der Waals surface area contributed by atoms with Crippen LogP contribution >= 0.6 is 0 Å². The molecular weight excluding hydrogens is 1810 g/mol. The maximum atomic E-state index is 12.5. The van der Waals surface area contributed by atoms with Crippen LogP contribution in [0.2, 0.25) is 0 Å². The number of rotatable bonds is 52. The molecule has 0 unspecified atom stereocenters. The molecule has 1 aliphatic rings. The first-order chi connectivity index (χ1) is 68.0. The van der Waals surface area contributed by atoms with Gasteiger partial charge >= 0.3 is 0 Å². The number of fused-ring (bicyclic) bond motifs is 8. The Balaban J connectivity index is 1.10. The summed E-state index contributed by atoms with van der Waals surface area (Å²) in [7, 11) is 0. The standard InChI is InChI=1S/C100H104N16O24/c1-5-65-69-57-71(95(135-51-43-103-79-27-11-19-35-87(79)111(121)122)61-93(69)133-49-41-101-77-25-9-17-33-85(77)109(117)118)66(6-2)73-59-75(99(139-55-47-107-83-31-15-23-39-91(83)115(129)130)63-97(73)137-53-45-105-81-29-13-21-37-89(81)113(125)126)68(8-4)76-60-74(98(138-54-46-106-82-30-14-22-38-90(82)114(127)128)64-100(76)140-56-48-108-84-32-16-24-40-92(84)116(131)132)67(7-3)72-58-70(65)94(134-50-42-102-78-26-10-18-34-86(78)110(119)120)62-96(72)136-52-44-104-80-28-12-20-36-88(80)112(123)124/h9-40,57-68,101-108H,5-8,41-56H2,1-4H3. The highest BCUT2D eigenvalue weighted by atomic mass is 16.7. The predicted molar refractivity (Wildman–Crippen MR) is 531 cm³/mol. The van der Waals surface area contributed by atoms with Gasteiger partial charge in [0.15, 0.2) is 0 Å². The van der Waals surface area contributed by atoms with Gasteiger partial charge in [0.2, 0.25) is 0 Å². The van der Waals surface area contributed by atoms with E-state index in [0.717, 1.165) is 0 Å². The Morgan fingerprint density at radius 2 is 0.307 bits per heavy atom. The minimum Gasteiger partial charge on any atom is -0.491 e. The Morgan fingerprint density at radius 1 is 0.193 bits per heavy atom. The lowest BCUT2D eigenvalue weighted by Gasteiger charge is -2.32. The van der Waals surface area contributed by atoms with Gasteiger partial charge in [0, 0.05) is 193 Å². The molecule has 12 aromatic rings. The molecule has 0 atom stereocenters. The summed E-state index contributed by atoms with van der Waals surface area (Å²) >= 11 is 0. The zero-order valence-corrected chi connectivity index (χ0v) is 76.9. The molecule has 0 fully saturated rings. The first kappa shape index (κ1) is 100. The maximum Gasteiger partial charge on any atom is 0.292 e. The topological polar surface area (TPSA) is 515 Å². The van der Waals surface area contributed by atoms with Crippen LogP contribution in [0, 0.1) is 80.9 Å². The summed E-state index contributed by atoms with van der Waals surface area (Å²) in [4.78, 5) is 96.2. The highest BCUT2D eigenvalue weighted by Gasteiger charge is 2.36. The highest BCUT2D eigenvalue weighted by molar-refractivity contribution is 5.70. The Labute approximate surface area is 803 Å². The van der Waals surface area contributed by atoms with Crippen LogP contribution in [-0.4, -0.2) is 145 Å². The molecule has 12 aromatic carbocycles. The fourth-order valence-electron chi connectivity index (χ4n) is 17.0. The van der Waals surface area contributed by atoms with Gasteiger partial charge in [0.05, 0.1) is 39.4 Å². The second kappa shape index (κ2) is 48.7. The molecular formula is C100H104N16O24. The molecule has 0 aromatic heterocycles. The SMILES string of the molecule is CCC1c2cc(c(OCCNc3ccccc3[N+](=O)[O-])cc2OCCNc2ccccc2[N+](=O)[O-])C(CC)c2cc(c(OCCNc3ccccc3[N+](=O)[O-])cc2OCCNc2ccccc2[N+](=O)[O-])C(CC)c2cc(c(OCCNc3ccccc3[N+](=O)[O-])cc2OCCNc2ccccc2[N+](=O)[O-])C(CC)c2cc1c(OCCNc1ccccc1[N+](=O)[O-])cc2OCCNc1ccccc1[N+](=O)[O-]. The van der Waals surface area contributed by atoms with E-state index in [1.165, 1.54) is 48.5 Å². The summed E-state index contributed by atoms with van der Waals surface area (Å²) in [5, 5.41) is 126. The molecule has 0 amide bonds. The quantitative estimate of drug-likeness (QED) is 0.00997. The Hall–Kier alpha value is -17.4. The number of hydrogen-bond donors (Lipinski definition) is 8. The van der Waals surface area contributed by atoms with Crippen molar-refractivity contribution in [3.05, 3.63) is 368 Å². The van der Waals surface area contributed by atoms with Gasteiger partial charge in [0.25, 0.3) is 45.5 Å². The van der Waals surface area contributed by atoms with Gasteiger partial charge in [-0.05, 0) is 98.5 Å². The van der Waals surface area contributed by atoms with Gasteiger partial charge in [0.1, 0.15) is 144 Å². The number of nitrogens with zero attached hydrogens (tertiary/aromatic N) is 8. The lowest BCUT2D eigenvalue weighted by molar-refractivity contribution is -0.384. The molecule has 0 spiro atoms. The molecule has 0 saturated carbocycles. The third-order valence-electron chi connectivity index (χ3n) is 23.4. The van der Waals surface area contributed by atoms with E-state index in [0.29, 0.717) is 44.5 Å². The molecule has 13 rings (SSSR count). The van der Waals surface area contributed by atoms with Crippen molar-refractivity contribution in [2.45, 2.75) is 77.0 Å². The molecule has 0 radical (unpaired) electrons. The molecule has 40 heteroatoms. The van der Waals surface area contributed by atoms with Gasteiger partial charge in [-0.15, -0.1) is 0 Å². The first-order valence-corrected chi connectivity index (χ1v) is 45.5. The van der Waals surface area contributed by atoms with E-state index in [9.17, 15) is 80.9 Å². The van der Waals surface area contributed by atoms with Crippen molar-refractivity contribution in [3.63, 3.8) is 0 Å². The summed E-state index contributed by atoms with van der Waals surface area (Å²) in [5.74, 6) is -1.55. The van der Waals surface area contributed by atoms with E-state index in [4.69, 9.17) is 37.9 Å². The summed E-state index contributed by atoms with van der Waals surface area (Å²) in [5.41, 5.74) is 4.05. The fraction of sp³-hybridized carbons (Fsp3) is 0.280. The number of nitro benzene ring substituents is 8. The number of para-hydroxylation sites is 16. The summed E-state index contributed by atoms with van der Waals surface area (Å²) < 4.78 is 57.0. The molecule has 0 heterocycles. The Bertz CT molecular complexity index is 5340. The summed E-state index contributed by atoms with van der Waals surface area (Å²) in [6.45, 7) is 6.43. The zero-order chi connectivity index (χ0) is 99.1. The molecule has 140 heavy (non-hydrogen) atoms. The molecule has 0 saturated heterocycles. The van der Waals surface area contributed by atoms with Gasteiger partial charge in [-0.2, -0.15) is 0 Å². The first-order valence-electron chi connectivity index (χ1n) is 45.5. The number of nitro groups is 8. The van der Waals surface area contributed by atoms with Crippen LogP contribution in [0.4, 0.5) is 91.0 Å². The van der Waals surface area contributed by atoms with E-state index in [2.05, 4.69) is 42.5 Å². The smallest absolute Gasteiger partial charge is 0.292 e. The van der Waals surface area contributed by atoms with E-state index in [-0.39, 0.29) is 268 Å². The Kier molecular flexibility index (Phi) is 34.8. The van der Waals surface area contributed by atoms with Crippen LogP contribution in [0.1, 0.15) is 122 Å². The van der Waals surface area contributed by atoms with Gasteiger partial charge in [-0.3, -0.25) is 80.9 Å². The van der Waals surface area contributed by atoms with E-state index >= 15 is 0 Å². The molecule has 0 aliphatic heterocycles. The fourth-order valence-corrected chi connectivity index (χ4v) is 17.0. The second-order valence-corrected chi connectivity index (χ2v) is 32.0. The lowest BCUT2D eigenvalue weighted by atomic mass is 9.77. The average molecular weight is 1910 g/mol. The average Bonchev–Trinajstić information content (AvgIpc) is 0.744. The van der Waals surface area contributed by atoms with Crippen molar-refractivity contribution in [1.29, 1.82) is 0 Å². The number of anilines is 8. The van der Waals surface area contributed by atoms with Crippen molar-refractivity contribution < 1.29 is 77.3 Å². The van der Waals surface area contributed by atoms with Crippen LogP contribution in [0.5, 0.6) is 46.0 Å². The van der Waals surface area contributed by atoms with E-state index in [1.807, 2.05) is 52.0 Å². The molecule has 1 aliphatic carbocycles. The van der Waals surface area contributed by atoms with E-state index < -0.39 is 63.1 Å². The minimum absolute atomic E-state index is 0.0167. The minimum atomic E-state index is -0.845. The van der Waals surface area contributed by atoms with Crippen molar-refractivity contribution in [3.8, 4) is 46.0 Å². The third-order valence-corrected chi connectivity index (χ3v) is 23.4. The predicted octanol–water partition coefficient (Wildman–Crippen LogP) is 21.4. The highest BCUT2D eigenvalue weighted by Crippen LogP contribution is 2.54. The van der Waals surface area contributed by atoms with E-state index in [1.54, 1.807) is 170 Å². The van der Waals surface area contributed by atoms with Crippen LogP contribution in [-0.2, 0) is 0 Å². The van der Waals surface area contributed by atoms with Gasteiger partial charge in [-0.25, -0.2) is 0 Å². The Morgan fingerprint density at radius 3 is 0.414 bits per heavy atom. The van der Waals surface area contributed by atoms with Crippen molar-refractivity contribution >= 4 is 91.0 Å². The number of ether oxygens (including phenoxy) is 8. The number of benzene rings is 12. The van der Waals surface area contributed by atoms with Crippen molar-refractivity contribution in [1.82, 2.24) is 0 Å². The second-order valence-electron chi connectivity index (χ2n) is 32.0. The van der Waals surface area contributed by atoms with Gasteiger partial charge < -0.3 is 80.4 Å². The van der Waals surface area contributed by atoms with Crippen LogP contribution in [0.3, 0.4) is 0 Å². The summed E-state index contributed by atoms with van der Waals surface area (Å²) in [6, 6.07) is 63.8.